The molecule has 1 N–H and O–H groups in total. The summed E-state index contributed by atoms with van der Waals surface area (Å²) in [5.41, 5.74) is 0.734. The van der Waals surface area contributed by atoms with Gasteiger partial charge in [0.1, 0.15) is 0 Å². The van der Waals surface area contributed by atoms with Gasteiger partial charge in [-0.25, -0.2) is 0 Å². The van der Waals surface area contributed by atoms with Gasteiger partial charge in [-0.1, -0.05) is 0 Å². The van der Waals surface area contributed by atoms with Gasteiger partial charge in [0.15, 0.2) is 6.19 Å². The van der Waals surface area contributed by atoms with Crippen molar-refractivity contribution in [2.24, 2.45) is 0 Å². The summed E-state index contributed by atoms with van der Waals surface area (Å²) in [4.78, 5) is 3.83. The van der Waals surface area contributed by atoms with Crippen molar-refractivity contribution >= 4 is 21.6 Å². The number of halogens is 1. The summed E-state index contributed by atoms with van der Waals surface area (Å²) in [6, 6.07) is 1.72. The average Bonchev–Trinajstić information content (AvgIpc) is 1.94. The molecule has 1 heterocycles. The van der Waals surface area contributed by atoms with Crippen LogP contribution in [0.3, 0.4) is 0 Å². The largest absolute Gasteiger partial charge is 0.292 e. The topological polar surface area (TPSA) is 48.7 Å². The zero-order chi connectivity index (χ0) is 7.40. The van der Waals surface area contributed by atoms with Gasteiger partial charge in [-0.3, -0.25) is 10.3 Å². The van der Waals surface area contributed by atoms with Crippen LogP contribution in [0.25, 0.3) is 0 Å². The maximum atomic E-state index is 8.24. The van der Waals surface area contributed by atoms with Crippen molar-refractivity contribution in [3.05, 3.63) is 22.9 Å². The number of aromatic nitrogens is 1. The first kappa shape index (κ1) is 7.03. The number of rotatable bonds is 1. The van der Waals surface area contributed by atoms with Crippen LogP contribution in [0.15, 0.2) is 22.9 Å². The number of hydrogen-bond donors (Lipinski definition) is 1. The van der Waals surface area contributed by atoms with Crippen LogP contribution in [0.5, 0.6) is 0 Å². The highest BCUT2D eigenvalue weighted by Crippen LogP contribution is 2.18. The smallest absolute Gasteiger partial charge is 0.181 e. The Morgan fingerprint density at radius 2 is 2.50 bits per heavy atom. The van der Waals surface area contributed by atoms with E-state index in [0.29, 0.717) is 0 Å². The lowest BCUT2D eigenvalue weighted by molar-refractivity contribution is 1.30. The lowest BCUT2D eigenvalue weighted by atomic mass is 10.4. The number of hydrogen-bond acceptors (Lipinski definition) is 3. The highest BCUT2D eigenvalue weighted by Gasteiger charge is 1.94. The minimum Gasteiger partial charge on any atom is -0.292 e. The van der Waals surface area contributed by atoms with Gasteiger partial charge >= 0.3 is 0 Å². The number of nitrogens with zero attached hydrogens (tertiary/aromatic N) is 2. The monoisotopic (exact) mass is 197 g/mol. The van der Waals surface area contributed by atoms with Crippen molar-refractivity contribution in [3.63, 3.8) is 0 Å². The molecule has 0 saturated heterocycles. The first-order valence-corrected chi connectivity index (χ1v) is 3.38. The minimum absolute atomic E-state index is 0.734. The normalized spacial score (nSPS) is 8.40. The average molecular weight is 198 g/mol. The van der Waals surface area contributed by atoms with Crippen molar-refractivity contribution < 1.29 is 0 Å². The summed E-state index contributed by atoms with van der Waals surface area (Å²) in [6.07, 6.45) is 5.06. The van der Waals surface area contributed by atoms with Crippen molar-refractivity contribution in [1.82, 2.24) is 4.98 Å². The van der Waals surface area contributed by atoms with Gasteiger partial charge in [-0.05, 0) is 22.0 Å². The maximum Gasteiger partial charge on any atom is 0.181 e. The minimum atomic E-state index is 0.734. The molecule has 0 unspecified atom stereocenters. The number of nitriles is 1. The van der Waals surface area contributed by atoms with E-state index in [1.807, 2.05) is 6.19 Å². The lowest BCUT2D eigenvalue weighted by Gasteiger charge is -1.96. The molecule has 0 spiro atoms. The van der Waals surface area contributed by atoms with E-state index >= 15 is 0 Å². The molecule has 0 radical (unpaired) electrons. The van der Waals surface area contributed by atoms with Gasteiger partial charge in [0.25, 0.3) is 0 Å². The standard InChI is InChI=1S/C6H4BrN3/c7-5-3-9-2-1-6(5)10-4-8/h1-3H,(H,9,10). The molecular formula is C6H4BrN3. The van der Waals surface area contributed by atoms with Gasteiger partial charge in [-0.15, -0.1) is 0 Å². The van der Waals surface area contributed by atoms with E-state index in [-0.39, 0.29) is 0 Å². The predicted octanol–water partition coefficient (Wildman–Crippen LogP) is 1.74. The highest BCUT2D eigenvalue weighted by atomic mass is 79.9. The fourth-order valence-corrected chi connectivity index (χ4v) is 0.886. The van der Waals surface area contributed by atoms with E-state index in [2.05, 4.69) is 26.2 Å². The van der Waals surface area contributed by atoms with Crippen LogP contribution in [0.2, 0.25) is 0 Å². The van der Waals surface area contributed by atoms with Crippen LogP contribution in [0.4, 0.5) is 5.69 Å². The summed E-state index contributed by atoms with van der Waals surface area (Å²) in [5.74, 6) is 0. The van der Waals surface area contributed by atoms with Crippen LogP contribution in [-0.2, 0) is 0 Å². The summed E-state index contributed by atoms with van der Waals surface area (Å²) < 4.78 is 0.788. The van der Waals surface area contributed by atoms with Crippen LogP contribution >= 0.6 is 15.9 Å². The summed E-state index contributed by atoms with van der Waals surface area (Å²) >= 11 is 3.22. The van der Waals surface area contributed by atoms with E-state index in [1.54, 1.807) is 18.5 Å². The van der Waals surface area contributed by atoms with E-state index in [4.69, 9.17) is 5.26 Å². The van der Waals surface area contributed by atoms with Crippen LogP contribution in [-0.4, -0.2) is 4.98 Å². The van der Waals surface area contributed by atoms with E-state index in [0.717, 1.165) is 10.2 Å². The second-order valence-corrected chi connectivity index (χ2v) is 2.45. The Kier molecular flexibility index (Phi) is 2.24. The Morgan fingerprint density at radius 3 is 3.10 bits per heavy atom. The third kappa shape index (κ3) is 1.45. The molecule has 0 amide bonds. The molecule has 50 valence electrons. The summed E-state index contributed by atoms with van der Waals surface area (Å²) in [7, 11) is 0. The lowest BCUT2D eigenvalue weighted by Crippen LogP contribution is -1.87. The molecule has 0 fully saturated rings. The molecule has 3 nitrogen and oxygen atoms in total. The Morgan fingerprint density at radius 1 is 1.70 bits per heavy atom. The van der Waals surface area contributed by atoms with Crippen LogP contribution in [0, 0.1) is 11.5 Å². The first-order valence-electron chi connectivity index (χ1n) is 2.59. The molecule has 4 heteroatoms. The molecule has 0 bridgehead atoms. The van der Waals surface area contributed by atoms with Gasteiger partial charge in [-0.2, -0.15) is 5.26 Å². The summed E-state index contributed by atoms with van der Waals surface area (Å²) in [6.45, 7) is 0. The molecule has 0 aromatic carbocycles. The molecule has 1 rings (SSSR count). The Labute approximate surface area is 66.8 Å². The van der Waals surface area contributed by atoms with Crippen molar-refractivity contribution in [2.75, 3.05) is 5.32 Å². The molecule has 1 aromatic rings. The molecule has 0 atom stereocenters. The zero-order valence-electron chi connectivity index (χ0n) is 5.00. The van der Waals surface area contributed by atoms with E-state index in [9.17, 15) is 0 Å². The third-order valence-corrected chi connectivity index (χ3v) is 1.59. The van der Waals surface area contributed by atoms with Crippen LogP contribution in [0.1, 0.15) is 0 Å². The van der Waals surface area contributed by atoms with Gasteiger partial charge < -0.3 is 0 Å². The fraction of sp³-hybridized carbons (Fsp3) is 0. The zero-order valence-corrected chi connectivity index (χ0v) is 6.59. The molecule has 1 aromatic heterocycles. The summed E-state index contributed by atoms with van der Waals surface area (Å²) in [5, 5.41) is 10.7. The molecule has 0 aliphatic carbocycles. The molecule has 0 saturated carbocycles. The molecule has 0 aliphatic heterocycles. The van der Waals surface area contributed by atoms with Gasteiger partial charge in [0, 0.05) is 12.4 Å². The first-order chi connectivity index (χ1) is 4.84. The van der Waals surface area contributed by atoms with Crippen molar-refractivity contribution in [2.45, 2.75) is 0 Å². The molecule has 0 aliphatic rings. The predicted molar refractivity (Wildman–Crippen MR) is 41.2 cm³/mol. The third-order valence-electron chi connectivity index (χ3n) is 0.963. The maximum absolute atomic E-state index is 8.24. The molecule has 10 heavy (non-hydrogen) atoms. The molecular weight excluding hydrogens is 194 g/mol. The van der Waals surface area contributed by atoms with Gasteiger partial charge in [0.2, 0.25) is 0 Å². The van der Waals surface area contributed by atoms with Crippen LogP contribution < -0.4 is 5.32 Å². The Bertz CT molecular complexity index is 266. The van der Waals surface area contributed by atoms with Crippen molar-refractivity contribution in [1.29, 1.82) is 5.26 Å². The van der Waals surface area contributed by atoms with Gasteiger partial charge in [0.05, 0.1) is 10.2 Å². The highest BCUT2D eigenvalue weighted by molar-refractivity contribution is 9.10. The number of nitrogens with one attached hydrogen (secondary N) is 1. The fourth-order valence-electron chi connectivity index (χ4n) is 0.537. The van der Waals surface area contributed by atoms with E-state index < -0.39 is 0 Å². The Balaban J connectivity index is 2.94. The van der Waals surface area contributed by atoms with E-state index in [1.165, 1.54) is 0 Å². The SMILES string of the molecule is N#CNc1ccncc1Br. The second-order valence-electron chi connectivity index (χ2n) is 1.59. The second kappa shape index (κ2) is 3.18. The van der Waals surface area contributed by atoms with Crippen molar-refractivity contribution in [3.8, 4) is 6.19 Å². The quantitative estimate of drug-likeness (QED) is 0.552. The number of anilines is 1. The Hall–Kier alpha value is -1.08. The number of pyridine rings is 1.